The van der Waals surface area contributed by atoms with E-state index in [0.29, 0.717) is 39.1 Å². The third kappa shape index (κ3) is 10.3. The molecule has 3 aromatic rings. The number of aliphatic hydroxyl groups excluding tert-OH is 1. The molecule has 2 aromatic carbocycles. The lowest BCUT2D eigenvalue weighted by molar-refractivity contribution is -0.130. The smallest absolute Gasteiger partial charge is 0.407 e. The standard InChI is InChI=1S/C38H53N5O6S/c1-37(2,3)33(42-19-18-41(35(42)46)23-28-25-50-32(39-28)24-49-7)34(45)40-30(21-27-16-12-9-13-17-27)31(44)22-29(20-26-14-10-8-11-15-26)43(36(47)48)38(4,5)6/h8-17,25,29-31,33,44H,18-24H2,1-7H3,(H,40,45)(H,47,48)/t29-,30-,31-,33+/m0/s1. The quantitative estimate of drug-likeness (QED) is 0.182. The van der Waals surface area contributed by atoms with Crippen LogP contribution in [0.5, 0.6) is 0 Å². The fourth-order valence-corrected chi connectivity index (χ4v) is 7.56. The number of hydrogen-bond donors (Lipinski definition) is 3. The van der Waals surface area contributed by atoms with Crippen LogP contribution in [0.2, 0.25) is 0 Å². The van der Waals surface area contributed by atoms with Crippen molar-refractivity contribution in [1.29, 1.82) is 0 Å². The molecule has 1 aromatic heterocycles. The average Bonchev–Trinajstić information content (AvgIpc) is 3.62. The van der Waals surface area contributed by atoms with E-state index in [-0.39, 0.29) is 18.4 Å². The molecule has 11 nitrogen and oxygen atoms in total. The first-order valence-corrected chi connectivity index (χ1v) is 18.0. The Morgan fingerprint density at radius 1 is 0.980 bits per heavy atom. The molecule has 272 valence electrons. The number of benzene rings is 2. The Labute approximate surface area is 300 Å². The monoisotopic (exact) mass is 707 g/mol. The van der Waals surface area contributed by atoms with Crippen LogP contribution in [0.25, 0.3) is 0 Å². The van der Waals surface area contributed by atoms with Gasteiger partial charge in [-0.3, -0.25) is 4.79 Å². The highest BCUT2D eigenvalue weighted by atomic mass is 32.1. The van der Waals surface area contributed by atoms with Crippen molar-refractivity contribution in [2.45, 2.75) is 104 Å². The highest BCUT2D eigenvalue weighted by Crippen LogP contribution is 2.30. The van der Waals surface area contributed by atoms with Gasteiger partial charge in [0.1, 0.15) is 11.0 Å². The van der Waals surface area contributed by atoms with Gasteiger partial charge in [0.25, 0.3) is 0 Å². The molecule has 4 rings (SSSR count). The number of hydrogen-bond acceptors (Lipinski definition) is 7. The fourth-order valence-electron chi connectivity index (χ4n) is 6.81. The maximum atomic E-state index is 14.4. The van der Waals surface area contributed by atoms with Gasteiger partial charge in [0, 0.05) is 37.2 Å². The number of thiazole rings is 1. The molecule has 0 radical (unpaired) electrons. The van der Waals surface area contributed by atoms with Crippen LogP contribution in [0.3, 0.4) is 0 Å². The molecule has 1 fully saturated rings. The van der Waals surface area contributed by atoms with Crippen LogP contribution in [0, 0.1) is 5.41 Å². The molecule has 4 amide bonds. The minimum Gasteiger partial charge on any atom is -0.465 e. The van der Waals surface area contributed by atoms with Gasteiger partial charge in [-0.15, -0.1) is 11.3 Å². The molecule has 12 heteroatoms. The van der Waals surface area contributed by atoms with Crippen LogP contribution in [0.15, 0.2) is 66.0 Å². The molecule has 4 atom stereocenters. The molecule has 0 saturated carbocycles. The van der Waals surface area contributed by atoms with Gasteiger partial charge in [0.15, 0.2) is 0 Å². The van der Waals surface area contributed by atoms with E-state index in [9.17, 15) is 24.6 Å². The van der Waals surface area contributed by atoms with E-state index in [0.717, 1.165) is 21.8 Å². The number of ether oxygens (including phenoxy) is 1. The van der Waals surface area contributed by atoms with Gasteiger partial charge in [-0.1, -0.05) is 81.4 Å². The Kier molecular flexibility index (Phi) is 13.0. The summed E-state index contributed by atoms with van der Waals surface area (Å²) < 4.78 is 5.18. The third-order valence-electron chi connectivity index (χ3n) is 8.94. The van der Waals surface area contributed by atoms with Crippen molar-refractivity contribution in [3.8, 4) is 0 Å². The van der Waals surface area contributed by atoms with Crippen LogP contribution in [0.1, 0.15) is 69.8 Å². The van der Waals surface area contributed by atoms with Crippen molar-refractivity contribution >= 4 is 29.4 Å². The summed E-state index contributed by atoms with van der Waals surface area (Å²) in [7, 11) is 1.61. The minimum atomic E-state index is -1.10. The minimum absolute atomic E-state index is 0.0888. The Balaban J connectivity index is 1.59. The SMILES string of the molecule is COCc1nc(CN2CCN([C@H](C(=O)N[C@@H](Cc3ccccc3)[C@@H](O)C[C@H](Cc3ccccc3)N(C(=O)O)C(C)(C)C)C(C)(C)C)C2=O)cs1. The first kappa shape index (κ1) is 38.8. The van der Waals surface area contributed by atoms with Crippen LogP contribution in [-0.4, -0.2) is 97.9 Å². The van der Waals surface area contributed by atoms with Crippen LogP contribution in [0.4, 0.5) is 9.59 Å². The number of nitrogens with zero attached hydrogens (tertiary/aromatic N) is 4. The van der Waals surface area contributed by atoms with E-state index in [1.165, 1.54) is 16.2 Å². The lowest BCUT2D eigenvalue weighted by Gasteiger charge is -2.42. The topological polar surface area (TPSA) is 136 Å². The maximum Gasteiger partial charge on any atom is 0.407 e. The van der Waals surface area contributed by atoms with Crippen LogP contribution in [-0.2, 0) is 35.5 Å². The molecule has 1 saturated heterocycles. The van der Waals surface area contributed by atoms with E-state index < -0.39 is 41.3 Å². The van der Waals surface area contributed by atoms with Crippen molar-refractivity contribution in [2.75, 3.05) is 20.2 Å². The third-order valence-corrected chi connectivity index (χ3v) is 9.81. The number of amides is 4. The molecule has 1 aliphatic rings. The van der Waals surface area contributed by atoms with E-state index in [2.05, 4.69) is 10.3 Å². The molecule has 0 unspecified atom stereocenters. The number of rotatable bonds is 15. The lowest BCUT2D eigenvalue weighted by atomic mass is 9.84. The summed E-state index contributed by atoms with van der Waals surface area (Å²) in [5.41, 5.74) is 1.25. The zero-order chi connectivity index (χ0) is 36.6. The van der Waals surface area contributed by atoms with Crippen LogP contribution >= 0.6 is 11.3 Å². The number of carbonyl (C=O) groups is 3. The van der Waals surface area contributed by atoms with Crippen molar-refractivity contribution in [1.82, 2.24) is 25.0 Å². The summed E-state index contributed by atoms with van der Waals surface area (Å²) in [4.78, 5) is 50.2. The molecule has 0 aliphatic carbocycles. The van der Waals surface area contributed by atoms with Gasteiger partial charge in [0.2, 0.25) is 5.91 Å². The van der Waals surface area contributed by atoms with E-state index in [1.54, 1.807) is 16.9 Å². The number of carbonyl (C=O) groups excluding carboxylic acids is 2. The van der Waals surface area contributed by atoms with Gasteiger partial charge in [0.05, 0.1) is 31.0 Å². The summed E-state index contributed by atoms with van der Waals surface area (Å²) in [6, 6.07) is 16.8. The van der Waals surface area contributed by atoms with Crippen molar-refractivity contribution in [3.63, 3.8) is 0 Å². The normalized spacial score (nSPS) is 16.2. The van der Waals surface area contributed by atoms with Crippen molar-refractivity contribution in [3.05, 3.63) is 87.9 Å². The molecule has 3 N–H and O–H groups in total. The van der Waals surface area contributed by atoms with Crippen molar-refractivity contribution in [2.24, 2.45) is 5.41 Å². The van der Waals surface area contributed by atoms with Gasteiger partial charge in [-0.2, -0.15) is 0 Å². The molecular formula is C38H53N5O6S. The second-order valence-corrected chi connectivity index (χ2v) is 16.0. The summed E-state index contributed by atoms with van der Waals surface area (Å²) in [6.07, 6.45) is -1.38. The van der Waals surface area contributed by atoms with Crippen molar-refractivity contribution < 1.29 is 29.3 Å². The van der Waals surface area contributed by atoms with E-state index >= 15 is 0 Å². The fraction of sp³-hybridized carbons (Fsp3) is 0.526. The van der Waals surface area contributed by atoms with Gasteiger partial charge >= 0.3 is 12.1 Å². The Morgan fingerprint density at radius 3 is 2.12 bits per heavy atom. The largest absolute Gasteiger partial charge is 0.465 e. The number of aliphatic hydroxyl groups is 1. The summed E-state index contributed by atoms with van der Waals surface area (Å²) in [5.74, 6) is -0.366. The Hall–Kier alpha value is -4.00. The Bertz CT molecular complexity index is 1550. The highest BCUT2D eigenvalue weighted by Gasteiger charge is 2.45. The second kappa shape index (κ2) is 16.8. The van der Waals surface area contributed by atoms with E-state index in [4.69, 9.17) is 4.74 Å². The number of aromatic nitrogens is 1. The number of carboxylic acid groups (broad SMARTS) is 1. The van der Waals surface area contributed by atoms with Gasteiger partial charge < -0.3 is 35.0 Å². The number of urea groups is 1. The number of nitrogens with one attached hydrogen (secondary N) is 1. The first-order valence-electron chi connectivity index (χ1n) is 17.1. The predicted octanol–water partition coefficient (Wildman–Crippen LogP) is 5.81. The zero-order valence-corrected chi connectivity index (χ0v) is 31.2. The predicted molar refractivity (Wildman–Crippen MR) is 195 cm³/mol. The highest BCUT2D eigenvalue weighted by molar-refractivity contribution is 7.09. The summed E-state index contributed by atoms with van der Waals surface area (Å²) in [6.45, 7) is 12.9. The molecule has 0 spiro atoms. The molecule has 2 heterocycles. The Morgan fingerprint density at radius 2 is 1.58 bits per heavy atom. The van der Waals surface area contributed by atoms with Gasteiger partial charge in [-0.25, -0.2) is 14.6 Å². The zero-order valence-electron chi connectivity index (χ0n) is 30.3. The van der Waals surface area contributed by atoms with Gasteiger partial charge in [-0.05, 0) is 56.6 Å². The molecule has 0 bridgehead atoms. The second-order valence-electron chi connectivity index (χ2n) is 15.1. The van der Waals surface area contributed by atoms with Crippen LogP contribution < -0.4 is 5.32 Å². The first-order chi connectivity index (χ1) is 23.6. The average molecular weight is 708 g/mol. The molecule has 1 aliphatic heterocycles. The number of methoxy groups -OCH3 is 1. The molecular weight excluding hydrogens is 655 g/mol. The summed E-state index contributed by atoms with van der Waals surface area (Å²) >= 11 is 1.48. The lowest BCUT2D eigenvalue weighted by Crippen LogP contribution is -2.59. The maximum absolute atomic E-state index is 14.4. The summed E-state index contributed by atoms with van der Waals surface area (Å²) in [5, 5.41) is 28.2. The molecule has 50 heavy (non-hydrogen) atoms. The van der Waals surface area contributed by atoms with E-state index in [1.807, 2.05) is 108 Å².